The van der Waals surface area contributed by atoms with Gasteiger partial charge in [0.25, 0.3) is 0 Å². The lowest BCUT2D eigenvalue weighted by Gasteiger charge is -2.45. The predicted molar refractivity (Wildman–Crippen MR) is 66.2 cm³/mol. The van der Waals surface area contributed by atoms with Gasteiger partial charge in [-0.05, 0) is 37.4 Å². The molecule has 2 nitrogen and oxygen atoms in total. The van der Waals surface area contributed by atoms with Crippen molar-refractivity contribution in [3.05, 3.63) is 0 Å². The Kier molecular flexibility index (Phi) is 2.53. The van der Waals surface area contributed by atoms with Crippen LogP contribution < -0.4 is 5.73 Å². The molecule has 3 rings (SSSR count). The third kappa shape index (κ3) is 1.39. The van der Waals surface area contributed by atoms with Crippen LogP contribution in [0.3, 0.4) is 0 Å². The van der Waals surface area contributed by atoms with Gasteiger partial charge in [0.2, 0.25) is 0 Å². The van der Waals surface area contributed by atoms with Crippen molar-refractivity contribution in [3.8, 4) is 0 Å². The molecule has 2 N–H and O–H groups in total. The van der Waals surface area contributed by atoms with E-state index in [1.54, 1.807) is 0 Å². The van der Waals surface area contributed by atoms with Crippen LogP contribution in [0.2, 0.25) is 0 Å². The number of hydrogen-bond acceptors (Lipinski definition) is 3. The van der Waals surface area contributed by atoms with Crippen molar-refractivity contribution in [3.63, 3.8) is 0 Å². The minimum Gasteiger partial charge on any atom is -0.329 e. The molecule has 3 aliphatic rings. The van der Waals surface area contributed by atoms with Crippen molar-refractivity contribution in [1.29, 1.82) is 0 Å². The van der Waals surface area contributed by atoms with Gasteiger partial charge in [0.15, 0.2) is 0 Å². The number of nitrogens with zero attached hydrogens (tertiary/aromatic N) is 1. The molecule has 4 unspecified atom stereocenters. The van der Waals surface area contributed by atoms with Crippen LogP contribution in [0.15, 0.2) is 0 Å². The van der Waals surface area contributed by atoms with Gasteiger partial charge in [-0.25, -0.2) is 0 Å². The summed E-state index contributed by atoms with van der Waals surface area (Å²) in [7, 11) is 0. The van der Waals surface area contributed by atoms with Crippen molar-refractivity contribution in [2.24, 2.45) is 11.7 Å². The van der Waals surface area contributed by atoms with E-state index in [0.717, 1.165) is 23.8 Å². The second kappa shape index (κ2) is 3.64. The number of nitrogens with two attached hydrogens (primary N) is 1. The molecule has 2 heterocycles. The first-order chi connectivity index (χ1) is 7.26. The van der Waals surface area contributed by atoms with Gasteiger partial charge in [-0.3, -0.25) is 4.90 Å². The Balaban J connectivity index is 1.84. The number of likely N-dealkylation sites (tertiary alicyclic amines) is 1. The first kappa shape index (κ1) is 10.4. The Morgan fingerprint density at radius 1 is 1.47 bits per heavy atom. The SMILES string of the molecule is CC1SCCC1(CN)N1CC2CCC1C2. The summed E-state index contributed by atoms with van der Waals surface area (Å²) < 4.78 is 0. The molecule has 2 bridgehead atoms. The van der Waals surface area contributed by atoms with Crippen molar-refractivity contribution >= 4 is 11.8 Å². The molecule has 3 heteroatoms. The summed E-state index contributed by atoms with van der Waals surface area (Å²) in [6.07, 6.45) is 5.69. The monoisotopic (exact) mass is 226 g/mol. The van der Waals surface area contributed by atoms with Gasteiger partial charge >= 0.3 is 0 Å². The average molecular weight is 226 g/mol. The maximum Gasteiger partial charge on any atom is 0.0458 e. The van der Waals surface area contributed by atoms with Gasteiger partial charge in [0.05, 0.1) is 0 Å². The maximum absolute atomic E-state index is 6.12. The number of piperidine rings is 1. The molecule has 4 atom stereocenters. The molecule has 1 aliphatic carbocycles. The van der Waals surface area contributed by atoms with Crippen LogP contribution in [-0.4, -0.2) is 40.6 Å². The summed E-state index contributed by atoms with van der Waals surface area (Å²) in [4.78, 5) is 2.80. The molecule has 15 heavy (non-hydrogen) atoms. The van der Waals surface area contributed by atoms with Crippen molar-refractivity contribution in [2.75, 3.05) is 18.8 Å². The van der Waals surface area contributed by atoms with Crippen LogP contribution in [0.1, 0.15) is 32.6 Å². The van der Waals surface area contributed by atoms with Crippen LogP contribution in [0.4, 0.5) is 0 Å². The van der Waals surface area contributed by atoms with E-state index in [-0.39, 0.29) is 0 Å². The third-order valence-electron chi connectivity index (χ3n) is 4.99. The highest BCUT2D eigenvalue weighted by molar-refractivity contribution is 8.00. The lowest BCUT2D eigenvalue weighted by Crippen LogP contribution is -2.59. The molecule has 86 valence electrons. The summed E-state index contributed by atoms with van der Waals surface area (Å²) in [6, 6.07) is 0.875. The summed E-state index contributed by atoms with van der Waals surface area (Å²) in [6.45, 7) is 4.59. The highest BCUT2D eigenvalue weighted by Gasteiger charge is 2.52. The maximum atomic E-state index is 6.12. The van der Waals surface area contributed by atoms with Gasteiger partial charge in [0, 0.05) is 29.9 Å². The summed E-state index contributed by atoms with van der Waals surface area (Å²) in [5.74, 6) is 2.31. The minimum atomic E-state index is 0.352. The third-order valence-corrected chi connectivity index (χ3v) is 6.37. The number of fused-ring (bicyclic) bond motifs is 2. The van der Waals surface area contributed by atoms with Crippen molar-refractivity contribution in [2.45, 2.75) is 49.4 Å². The minimum absolute atomic E-state index is 0.352. The Morgan fingerprint density at radius 3 is 2.80 bits per heavy atom. The van der Waals surface area contributed by atoms with Gasteiger partial charge in [0.1, 0.15) is 0 Å². The molecule has 0 spiro atoms. The van der Waals surface area contributed by atoms with E-state index in [1.807, 2.05) is 0 Å². The second-order valence-corrected chi connectivity index (χ2v) is 7.00. The number of thioether (sulfide) groups is 1. The molecule has 2 saturated heterocycles. The quantitative estimate of drug-likeness (QED) is 0.777. The topological polar surface area (TPSA) is 29.3 Å². The van der Waals surface area contributed by atoms with Gasteiger partial charge in [-0.2, -0.15) is 11.8 Å². The van der Waals surface area contributed by atoms with Crippen molar-refractivity contribution < 1.29 is 0 Å². The average Bonchev–Trinajstić information content (AvgIpc) is 2.91. The number of hydrogen-bond donors (Lipinski definition) is 1. The standard InChI is InChI=1S/C12H22N2S/c1-9-12(8-13,4-5-15-9)14-7-10-2-3-11(14)6-10/h9-11H,2-8,13H2,1H3. The smallest absolute Gasteiger partial charge is 0.0458 e. The zero-order chi connectivity index (χ0) is 10.5. The van der Waals surface area contributed by atoms with Gasteiger partial charge in [-0.15, -0.1) is 0 Å². The van der Waals surface area contributed by atoms with Gasteiger partial charge in [-0.1, -0.05) is 6.92 Å². The zero-order valence-corrected chi connectivity index (χ0v) is 10.4. The summed E-state index contributed by atoms with van der Waals surface area (Å²) in [5.41, 5.74) is 6.47. The van der Waals surface area contributed by atoms with E-state index in [9.17, 15) is 0 Å². The molecule has 0 amide bonds. The molecular formula is C12H22N2S. The van der Waals surface area contributed by atoms with E-state index >= 15 is 0 Å². The Morgan fingerprint density at radius 2 is 2.33 bits per heavy atom. The summed E-state index contributed by atoms with van der Waals surface area (Å²) >= 11 is 2.12. The fourth-order valence-electron chi connectivity index (χ4n) is 4.00. The second-order valence-electron chi connectivity index (χ2n) is 5.56. The molecule has 0 aromatic carbocycles. The van der Waals surface area contributed by atoms with Crippen LogP contribution in [0.5, 0.6) is 0 Å². The molecule has 2 aliphatic heterocycles. The van der Waals surface area contributed by atoms with E-state index < -0.39 is 0 Å². The van der Waals surface area contributed by atoms with Gasteiger partial charge < -0.3 is 5.73 Å². The first-order valence-corrected chi connectivity index (χ1v) is 7.39. The van der Waals surface area contributed by atoms with E-state index in [4.69, 9.17) is 5.73 Å². The van der Waals surface area contributed by atoms with Crippen LogP contribution in [0.25, 0.3) is 0 Å². The van der Waals surface area contributed by atoms with E-state index in [1.165, 1.54) is 38.0 Å². The van der Waals surface area contributed by atoms with E-state index in [2.05, 4.69) is 23.6 Å². The first-order valence-electron chi connectivity index (χ1n) is 6.35. The lowest BCUT2D eigenvalue weighted by atomic mass is 9.88. The Bertz CT molecular complexity index is 258. The molecule has 3 fully saturated rings. The van der Waals surface area contributed by atoms with Crippen LogP contribution in [0, 0.1) is 5.92 Å². The fourth-order valence-corrected chi connectivity index (χ4v) is 5.49. The van der Waals surface area contributed by atoms with E-state index in [0.29, 0.717) is 5.54 Å². The highest BCUT2D eigenvalue weighted by atomic mass is 32.2. The largest absolute Gasteiger partial charge is 0.329 e. The molecule has 0 aromatic heterocycles. The van der Waals surface area contributed by atoms with Crippen LogP contribution >= 0.6 is 11.8 Å². The number of rotatable bonds is 2. The Hall–Kier alpha value is 0.270. The highest BCUT2D eigenvalue weighted by Crippen LogP contribution is 2.48. The normalized spacial score (nSPS) is 50.4. The van der Waals surface area contributed by atoms with Crippen LogP contribution in [-0.2, 0) is 0 Å². The molecule has 1 saturated carbocycles. The summed E-state index contributed by atoms with van der Waals surface area (Å²) in [5, 5.41) is 0.738. The fraction of sp³-hybridized carbons (Fsp3) is 1.00. The predicted octanol–water partition coefficient (Wildman–Crippen LogP) is 1.69. The lowest BCUT2D eigenvalue weighted by molar-refractivity contribution is 0.0639. The molecule has 0 radical (unpaired) electrons. The van der Waals surface area contributed by atoms with Crippen molar-refractivity contribution in [1.82, 2.24) is 4.90 Å². The molecule has 0 aromatic rings. The zero-order valence-electron chi connectivity index (χ0n) is 9.61. The molecular weight excluding hydrogens is 204 g/mol. The Labute approximate surface area is 97.0 Å².